The van der Waals surface area contributed by atoms with Gasteiger partial charge in [0.15, 0.2) is 0 Å². The summed E-state index contributed by atoms with van der Waals surface area (Å²) in [5, 5.41) is 2.65. The van der Waals surface area contributed by atoms with Crippen LogP contribution in [-0.2, 0) is 19.6 Å². The Morgan fingerprint density at radius 3 is 2.61 bits per heavy atom. The Bertz CT molecular complexity index is 974. The molecule has 150 valence electrons. The molecule has 0 bridgehead atoms. The summed E-state index contributed by atoms with van der Waals surface area (Å²) in [6.07, 6.45) is 2.84. The average Bonchev–Trinajstić information content (AvgIpc) is 3.12. The molecule has 0 spiro atoms. The summed E-state index contributed by atoms with van der Waals surface area (Å²) >= 11 is 0. The van der Waals surface area contributed by atoms with Crippen molar-refractivity contribution >= 4 is 27.7 Å². The highest BCUT2D eigenvalue weighted by molar-refractivity contribution is 7.89. The monoisotopic (exact) mass is 406 g/mol. The van der Waals surface area contributed by atoms with Crippen LogP contribution in [0.15, 0.2) is 45.7 Å². The summed E-state index contributed by atoms with van der Waals surface area (Å²) in [5.74, 6) is 1.20. The molecule has 3 rings (SSSR count). The molecule has 28 heavy (non-hydrogen) atoms. The molecular weight excluding hydrogens is 384 g/mol. The number of nitrogens with zero attached hydrogens (tertiary/aromatic N) is 1. The van der Waals surface area contributed by atoms with Crippen molar-refractivity contribution in [1.29, 1.82) is 0 Å². The van der Waals surface area contributed by atoms with E-state index < -0.39 is 15.9 Å². The molecular formula is C19H22N2O6S. The molecule has 1 amide bonds. The predicted molar refractivity (Wildman–Crippen MR) is 104 cm³/mol. The van der Waals surface area contributed by atoms with E-state index in [1.165, 1.54) is 41.8 Å². The molecule has 0 radical (unpaired) electrons. The summed E-state index contributed by atoms with van der Waals surface area (Å²) in [4.78, 5) is 12.3. The lowest BCUT2D eigenvalue weighted by Gasteiger charge is -2.26. The average molecular weight is 406 g/mol. The van der Waals surface area contributed by atoms with E-state index >= 15 is 0 Å². The van der Waals surface area contributed by atoms with Gasteiger partial charge in [-0.05, 0) is 43.3 Å². The smallest absolute Gasteiger partial charge is 0.248 e. The molecule has 9 heteroatoms. The molecule has 8 nitrogen and oxygen atoms in total. The maximum absolute atomic E-state index is 12.8. The largest absolute Gasteiger partial charge is 0.495 e. The van der Waals surface area contributed by atoms with Crippen molar-refractivity contribution in [1.82, 2.24) is 4.31 Å². The van der Waals surface area contributed by atoms with E-state index in [9.17, 15) is 13.2 Å². The number of sulfonamides is 1. The van der Waals surface area contributed by atoms with Crippen LogP contribution in [-0.4, -0.2) is 52.0 Å². The highest BCUT2D eigenvalue weighted by Crippen LogP contribution is 2.29. The number of hydrogen-bond donors (Lipinski definition) is 1. The van der Waals surface area contributed by atoms with Gasteiger partial charge in [-0.3, -0.25) is 4.79 Å². The van der Waals surface area contributed by atoms with Crippen LogP contribution in [0.2, 0.25) is 0 Å². The van der Waals surface area contributed by atoms with Gasteiger partial charge in [-0.2, -0.15) is 4.31 Å². The second-order valence-corrected chi connectivity index (χ2v) is 8.09. The Hall–Kier alpha value is -2.62. The number of carbonyl (C=O) groups excluding carboxylic acids is 1. The zero-order chi connectivity index (χ0) is 20.1. The van der Waals surface area contributed by atoms with Crippen LogP contribution in [0.25, 0.3) is 6.08 Å². The van der Waals surface area contributed by atoms with Gasteiger partial charge in [0, 0.05) is 19.2 Å². The van der Waals surface area contributed by atoms with Gasteiger partial charge < -0.3 is 19.2 Å². The molecule has 2 aromatic rings. The molecule has 1 aromatic heterocycles. The van der Waals surface area contributed by atoms with Crippen molar-refractivity contribution in [2.45, 2.75) is 11.8 Å². The molecule has 1 fully saturated rings. The van der Waals surface area contributed by atoms with Gasteiger partial charge in [0.1, 0.15) is 17.3 Å². The highest BCUT2D eigenvalue weighted by atomic mass is 32.2. The van der Waals surface area contributed by atoms with Gasteiger partial charge >= 0.3 is 0 Å². The van der Waals surface area contributed by atoms with E-state index in [4.69, 9.17) is 13.9 Å². The topological polar surface area (TPSA) is 98.1 Å². The van der Waals surface area contributed by atoms with Gasteiger partial charge in [0.2, 0.25) is 15.9 Å². The fraction of sp³-hybridized carbons (Fsp3) is 0.316. The first-order valence-electron chi connectivity index (χ1n) is 8.71. The number of morpholine rings is 1. The third-order valence-corrected chi connectivity index (χ3v) is 6.09. The number of amides is 1. The molecule has 1 aliphatic heterocycles. The maximum Gasteiger partial charge on any atom is 0.248 e. The second-order valence-electron chi connectivity index (χ2n) is 6.15. The lowest BCUT2D eigenvalue weighted by Crippen LogP contribution is -2.40. The number of aryl methyl sites for hydroxylation is 1. The van der Waals surface area contributed by atoms with Crippen molar-refractivity contribution in [2.24, 2.45) is 0 Å². The van der Waals surface area contributed by atoms with Crippen LogP contribution < -0.4 is 10.1 Å². The molecule has 1 saturated heterocycles. The van der Waals surface area contributed by atoms with Crippen LogP contribution in [0.1, 0.15) is 11.5 Å². The second kappa shape index (κ2) is 8.59. The van der Waals surface area contributed by atoms with E-state index in [-0.39, 0.29) is 10.6 Å². The summed E-state index contributed by atoms with van der Waals surface area (Å²) in [6, 6.07) is 7.91. The minimum Gasteiger partial charge on any atom is -0.495 e. The molecule has 0 atom stereocenters. The van der Waals surface area contributed by atoms with Gasteiger partial charge in [-0.25, -0.2) is 8.42 Å². The van der Waals surface area contributed by atoms with Crippen molar-refractivity contribution in [3.8, 4) is 5.75 Å². The Morgan fingerprint density at radius 2 is 1.96 bits per heavy atom. The van der Waals surface area contributed by atoms with E-state index in [1.807, 2.05) is 6.92 Å². The summed E-state index contributed by atoms with van der Waals surface area (Å²) in [5.41, 5.74) is 0.266. The number of carbonyl (C=O) groups is 1. The van der Waals surface area contributed by atoms with Crippen LogP contribution in [0.5, 0.6) is 5.75 Å². The molecule has 1 aliphatic rings. The molecule has 1 N–H and O–H groups in total. The van der Waals surface area contributed by atoms with E-state index in [2.05, 4.69) is 5.32 Å². The molecule has 1 aromatic carbocycles. The van der Waals surface area contributed by atoms with Crippen molar-refractivity contribution in [3.63, 3.8) is 0 Å². The lowest BCUT2D eigenvalue weighted by molar-refractivity contribution is -0.111. The number of nitrogens with one attached hydrogen (secondary N) is 1. The zero-order valence-electron chi connectivity index (χ0n) is 15.7. The van der Waals surface area contributed by atoms with Crippen molar-refractivity contribution in [2.75, 3.05) is 38.7 Å². The number of rotatable bonds is 6. The fourth-order valence-corrected chi connectivity index (χ4v) is 4.19. The first-order chi connectivity index (χ1) is 13.4. The maximum atomic E-state index is 12.8. The lowest BCUT2D eigenvalue weighted by atomic mass is 10.3. The van der Waals surface area contributed by atoms with Crippen molar-refractivity contribution < 1.29 is 27.1 Å². The minimum atomic E-state index is -3.68. The quantitative estimate of drug-likeness (QED) is 0.739. The summed E-state index contributed by atoms with van der Waals surface area (Å²) in [7, 11) is -2.24. The number of methoxy groups -OCH3 is 1. The molecule has 0 saturated carbocycles. The number of benzene rings is 1. The Labute approximate surface area is 163 Å². The van der Waals surface area contributed by atoms with Crippen LogP contribution in [0.3, 0.4) is 0 Å². The normalized spacial score (nSPS) is 15.6. The van der Waals surface area contributed by atoms with Crippen molar-refractivity contribution in [3.05, 3.63) is 47.9 Å². The summed E-state index contributed by atoms with van der Waals surface area (Å²) in [6.45, 7) is 3.11. The SMILES string of the molecule is COc1ccc(S(=O)(=O)N2CCOCC2)cc1NC(=O)/C=C/c1ccc(C)o1. The predicted octanol–water partition coefficient (Wildman–Crippen LogP) is 2.27. The number of furan rings is 1. The van der Waals surface area contributed by atoms with E-state index in [1.54, 1.807) is 12.1 Å². The third kappa shape index (κ3) is 4.61. The number of anilines is 1. The highest BCUT2D eigenvalue weighted by Gasteiger charge is 2.27. The number of hydrogen-bond acceptors (Lipinski definition) is 6. The molecule has 2 heterocycles. The van der Waals surface area contributed by atoms with Crippen LogP contribution in [0.4, 0.5) is 5.69 Å². The Kier molecular flexibility index (Phi) is 6.18. The van der Waals surface area contributed by atoms with Gasteiger partial charge in [-0.1, -0.05) is 0 Å². The first kappa shape index (κ1) is 20.1. The third-order valence-electron chi connectivity index (χ3n) is 4.20. The van der Waals surface area contributed by atoms with Crippen LogP contribution in [0, 0.1) is 6.92 Å². The zero-order valence-corrected chi connectivity index (χ0v) is 16.5. The van der Waals surface area contributed by atoms with Crippen LogP contribution >= 0.6 is 0 Å². The Morgan fingerprint density at radius 1 is 1.21 bits per heavy atom. The molecule has 0 aliphatic carbocycles. The first-order valence-corrected chi connectivity index (χ1v) is 10.2. The van der Waals surface area contributed by atoms with E-state index in [0.717, 1.165) is 5.76 Å². The number of ether oxygens (including phenoxy) is 2. The standard InChI is InChI=1S/C19H22N2O6S/c1-14-3-4-15(27-14)5-8-19(22)20-17-13-16(6-7-18(17)25-2)28(23,24)21-9-11-26-12-10-21/h3-8,13H,9-12H2,1-2H3,(H,20,22)/b8-5+. The van der Waals surface area contributed by atoms with Gasteiger partial charge in [0.05, 0.1) is 30.9 Å². The van der Waals surface area contributed by atoms with Gasteiger partial charge in [0.25, 0.3) is 0 Å². The summed E-state index contributed by atoms with van der Waals surface area (Å²) < 4.78 is 42.8. The molecule has 0 unspecified atom stereocenters. The van der Waals surface area contributed by atoms with E-state index in [0.29, 0.717) is 37.8 Å². The fourth-order valence-electron chi connectivity index (χ4n) is 2.76. The van der Waals surface area contributed by atoms with Gasteiger partial charge in [-0.15, -0.1) is 0 Å². The Balaban J connectivity index is 1.80. The minimum absolute atomic E-state index is 0.0798.